The molecule has 0 spiro atoms. The molecule has 0 saturated carbocycles. The number of rotatable bonds is 5. The zero-order chi connectivity index (χ0) is 7.98. The van der Waals surface area contributed by atoms with Gasteiger partial charge >= 0.3 is 0 Å². The number of hydrogen-bond acceptors (Lipinski definition) is 4. The second-order valence-electron chi connectivity index (χ2n) is 1.23. The van der Waals surface area contributed by atoms with E-state index in [1.807, 2.05) is 0 Å². The van der Waals surface area contributed by atoms with Crippen LogP contribution in [0.15, 0.2) is 0 Å². The lowest BCUT2D eigenvalue weighted by Crippen LogP contribution is -1.90. The van der Waals surface area contributed by atoms with Crippen LogP contribution in [0.4, 0.5) is 0 Å². The molecule has 0 saturated heterocycles. The highest BCUT2D eigenvalue weighted by Gasteiger charge is 1.99. The minimum absolute atomic E-state index is 0.205. The molecule has 0 aliphatic rings. The van der Waals surface area contributed by atoms with E-state index in [1.54, 1.807) is 0 Å². The monoisotopic (exact) mass is 218 g/mol. The summed E-state index contributed by atoms with van der Waals surface area (Å²) in [5.74, 6) is 0.410. The Morgan fingerprint density at radius 2 is 1.30 bits per heavy atom. The Morgan fingerprint density at radius 1 is 1.00 bits per heavy atom. The van der Waals surface area contributed by atoms with Gasteiger partial charge in [0.25, 0.3) is 0 Å². The van der Waals surface area contributed by atoms with Crippen molar-refractivity contribution in [2.24, 2.45) is 0 Å². The second-order valence-corrected chi connectivity index (χ2v) is 4.54. The molecule has 0 aliphatic heterocycles. The SMILES string of the molecule is O=C(Cl)CSSCC(=O)Cl. The van der Waals surface area contributed by atoms with Crippen LogP contribution < -0.4 is 0 Å². The summed E-state index contributed by atoms with van der Waals surface area (Å²) in [4.78, 5) is 20.2. The lowest BCUT2D eigenvalue weighted by Gasteiger charge is -1.91. The first-order chi connectivity index (χ1) is 4.63. The van der Waals surface area contributed by atoms with E-state index in [0.29, 0.717) is 0 Å². The maximum Gasteiger partial charge on any atom is 0.232 e. The van der Waals surface area contributed by atoms with Crippen molar-refractivity contribution in [1.29, 1.82) is 0 Å². The van der Waals surface area contributed by atoms with Crippen LogP contribution >= 0.6 is 44.8 Å². The quantitative estimate of drug-likeness (QED) is 0.401. The van der Waals surface area contributed by atoms with E-state index in [2.05, 4.69) is 0 Å². The molecule has 0 bridgehead atoms. The van der Waals surface area contributed by atoms with Gasteiger partial charge in [0, 0.05) is 0 Å². The number of carbonyl (C=O) groups excluding carboxylic acids is 2. The van der Waals surface area contributed by atoms with Crippen LogP contribution in [-0.2, 0) is 9.59 Å². The van der Waals surface area contributed by atoms with Gasteiger partial charge in [-0.25, -0.2) is 0 Å². The Bertz CT molecular complexity index is 123. The smallest absolute Gasteiger partial charge is 0.232 e. The van der Waals surface area contributed by atoms with Crippen molar-refractivity contribution >= 4 is 55.3 Å². The summed E-state index contributed by atoms with van der Waals surface area (Å²) in [5.41, 5.74) is 0. The average Bonchev–Trinajstić information content (AvgIpc) is 1.79. The molecule has 0 radical (unpaired) electrons. The lowest BCUT2D eigenvalue weighted by molar-refractivity contribution is -0.110. The highest BCUT2D eigenvalue weighted by Crippen LogP contribution is 2.21. The minimum atomic E-state index is -0.417. The predicted molar refractivity (Wildman–Crippen MR) is 46.6 cm³/mol. The molecule has 6 heteroatoms. The van der Waals surface area contributed by atoms with Gasteiger partial charge in [0.1, 0.15) is 0 Å². The summed E-state index contributed by atoms with van der Waals surface area (Å²) in [5, 5.41) is -0.834. The molecule has 0 fully saturated rings. The fraction of sp³-hybridized carbons (Fsp3) is 0.500. The van der Waals surface area contributed by atoms with E-state index in [9.17, 15) is 9.59 Å². The van der Waals surface area contributed by atoms with E-state index >= 15 is 0 Å². The maximum atomic E-state index is 10.1. The summed E-state index contributed by atoms with van der Waals surface area (Å²) < 4.78 is 0. The fourth-order valence-corrected chi connectivity index (χ4v) is 2.39. The van der Waals surface area contributed by atoms with E-state index < -0.39 is 10.5 Å². The summed E-state index contributed by atoms with van der Waals surface area (Å²) >= 11 is 10.0. The number of carbonyl (C=O) groups is 2. The van der Waals surface area contributed by atoms with Gasteiger partial charge in [-0.2, -0.15) is 0 Å². The van der Waals surface area contributed by atoms with Gasteiger partial charge in [-0.05, 0) is 23.2 Å². The Hall–Kier alpha value is 0.620. The van der Waals surface area contributed by atoms with Crippen molar-refractivity contribution in [1.82, 2.24) is 0 Å². The molecule has 0 unspecified atom stereocenters. The third-order valence-corrected chi connectivity index (χ3v) is 3.15. The molecule has 0 N–H and O–H groups in total. The summed E-state index contributed by atoms with van der Waals surface area (Å²) in [6.07, 6.45) is 0. The Morgan fingerprint density at radius 3 is 1.50 bits per heavy atom. The first-order valence-electron chi connectivity index (χ1n) is 2.24. The average molecular weight is 219 g/mol. The standard InChI is InChI=1S/C4H4Cl2O2S2/c5-3(7)1-9-10-2-4(6)8/h1-2H2. The molecule has 0 rings (SSSR count). The largest absolute Gasteiger partial charge is 0.280 e. The van der Waals surface area contributed by atoms with Crippen LogP contribution in [0.3, 0.4) is 0 Å². The molecule has 10 heavy (non-hydrogen) atoms. The van der Waals surface area contributed by atoms with Crippen molar-refractivity contribution in [2.45, 2.75) is 0 Å². The normalized spacial score (nSPS) is 9.40. The highest BCUT2D eigenvalue weighted by molar-refractivity contribution is 8.77. The van der Waals surface area contributed by atoms with Gasteiger partial charge in [0.2, 0.25) is 10.5 Å². The predicted octanol–water partition coefficient (Wildman–Crippen LogP) is 1.90. The van der Waals surface area contributed by atoms with Gasteiger partial charge in [-0.15, -0.1) is 0 Å². The molecule has 0 heterocycles. The number of halogens is 2. The maximum absolute atomic E-state index is 10.1. The molecular formula is C4H4Cl2O2S2. The van der Waals surface area contributed by atoms with Crippen molar-refractivity contribution in [3.63, 3.8) is 0 Å². The molecule has 58 valence electrons. The van der Waals surface area contributed by atoms with Gasteiger partial charge < -0.3 is 0 Å². The fourth-order valence-electron chi connectivity index (χ4n) is 0.176. The molecule has 0 atom stereocenters. The molecule has 0 aliphatic carbocycles. The molecule has 0 aromatic carbocycles. The van der Waals surface area contributed by atoms with Crippen LogP contribution in [0.2, 0.25) is 0 Å². The first-order valence-corrected chi connectivity index (χ1v) is 5.48. The van der Waals surface area contributed by atoms with Crippen molar-refractivity contribution in [3.05, 3.63) is 0 Å². The van der Waals surface area contributed by atoms with Crippen LogP contribution in [0, 0.1) is 0 Å². The van der Waals surface area contributed by atoms with E-state index in [0.717, 1.165) is 0 Å². The Kier molecular flexibility index (Phi) is 6.73. The van der Waals surface area contributed by atoms with E-state index in [4.69, 9.17) is 23.2 Å². The molecule has 0 aromatic rings. The molecule has 0 amide bonds. The highest BCUT2D eigenvalue weighted by atomic mass is 35.5. The molecular weight excluding hydrogens is 215 g/mol. The Balaban J connectivity index is 3.06. The van der Waals surface area contributed by atoms with Crippen LogP contribution in [0.25, 0.3) is 0 Å². The Labute approximate surface area is 76.4 Å². The zero-order valence-electron chi connectivity index (χ0n) is 4.80. The zero-order valence-corrected chi connectivity index (χ0v) is 7.95. The van der Waals surface area contributed by atoms with Crippen LogP contribution in [-0.4, -0.2) is 22.0 Å². The summed E-state index contributed by atoms with van der Waals surface area (Å²) in [7, 11) is 2.44. The second kappa shape index (κ2) is 6.34. The molecule has 0 aromatic heterocycles. The van der Waals surface area contributed by atoms with Crippen molar-refractivity contribution in [2.75, 3.05) is 11.5 Å². The minimum Gasteiger partial charge on any atom is -0.280 e. The van der Waals surface area contributed by atoms with Gasteiger partial charge in [-0.1, -0.05) is 21.6 Å². The topological polar surface area (TPSA) is 34.1 Å². The third kappa shape index (κ3) is 8.62. The first kappa shape index (κ1) is 10.6. The van der Waals surface area contributed by atoms with Gasteiger partial charge in [0.05, 0.1) is 11.5 Å². The van der Waals surface area contributed by atoms with Crippen molar-refractivity contribution < 1.29 is 9.59 Å². The summed E-state index contributed by atoms with van der Waals surface area (Å²) in [6, 6.07) is 0. The third-order valence-electron chi connectivity index (χ3n) is 0.428. The van der Waals surface area contributed by atoms with E-state index in [-0.39, 0.29) is 11.5 Å². The molecule has 2 nitrogen and oxygen atoms in total. The van der Waals surface area contributed by atoms with Crippen LogP contribution in [0.1, 0.15) is 0 Å². The van der Waals surface area contributed by atoms with Crippen LogP contribution in [0.5, 0.6) is 0 Å². The summed E-state index contributed by atoms with van der Waals surface area (Å²) in [6.45, 7) is 0. The van der Waals surface area contributed by atoms with Gasteiger partial charge in [-0.3, -0.25) is 9.59 Å². The van der Waals surface area contributed by atoms with Gasteiger partial charge in [0.15, 0.2) is 0 Å². The lowest BCUT2D eigenvalue weighted by atomic mass is 10.9. The number of hydrogen-bond donors (Lipinski definition) is 0. The van der Waals surface area contributed by atoms with Crippen molar-refractivity contribution in [3.8, 4) is 0 Å². The van der Waals surface area contributed by atoms with E-state index in [1.165, 1.54) is 21.6 Å².